The predicted octanol–water partition coefficient (Wildman–Crippen LogP) is 3.81. The summed E-state index contributed by atoms with van der Waals surface area (Å²) >= 11 is 0. The highest BCUT2D eigenvalue weighted by Gasteiger charge is 2.39. The number of hydrogen-bond acceptors (Lipinski definition) is 2. The third-order valence-corrected chi connectivity index (χ3v) is 3.90. The molecule has 3 aromatic carbocycles. The molecule has 4 rings (SSSR count). The molecule has 0 atom stereocenters. The van der Waals surface area contributed by atoms with Gasteiger partial charge in [0.25, 0.3) is 11.5 Å². The molecule has 22 heavy (non-hydrogen) atoms. The van der Waals surface area contributed by atoms with E-state index in [0.717, 1.165) is 10.8 Å². The van der Waals surface area contributed by atoms with Crippen LogP contribution < -0.4 is 0 Å². The quantitative estimate of drug-likeness (QED) is 0.505. The number of Topliss-reactive ketones (excluding diaryl/α,β-unsaturated/α-hetero) is 1. The summed E-state index contributed by atoms with van der Waals surface area (Å²) in [6, 6.07) is 17.0. The molecule has 3 nitrogen and oxygen atoms in total. The molecular formula is C18H10FNO2. The first-order valence-corrected chi connectivity index (χ1v) is 6.84. The van der Waals surface area contributed by atoms with Gasteiger partial charge in [0.2, 0.25) is 5.69 Å². The molecule has 0 bridgehead atoms. The van der Waals surface area contributed by atoms with Crippen molar-refractivity contribution in [1.29, 1.82) is 0 Å². The number of ketones is 1. The molecule has 1 aliphatic rings. The van der Waals surface area contributed by atoms with E-state index in [1.165, 1.54) is 18.2 Å². The molecule has 0 radical (unpaired) electrons. The Morgan fingerprint density at radius 1 is 0.909 bits per heavy atom. The zero-order valence-corrected chi connectivity index (χ0v) is 11.4. The Bertz CT molecular complexity index is 970. The lowest BCUT2D eigenvalue weighted by atomic mass is 9.97. The van der Waals surface area contributed by atoms with Crippen LogP contribution in [-0.4, -0.2) is 16.2 Å². The van der Waals surface area contributed by atoms with Gasteiger partial charge in [0.15, 0.2) is 0 Å². The van der Waals surface area contributed by atoms with E-state index in [0.29, 0.717) is 10.3 Å². The second kappa shape index (κ2) is 4.49. The van der Waals surface area contributed by atoms with Gasteiger partial charge in [-0.15, -0.1) is 0 Å². The lowest BCUT2D eigenvalue weighted by molar-refractivity contribution is -0.355. The Labute approximate surface area is 125 Å². The van der Waals surface area contributed by atoms with E-state index in [4.69, 9.17) is 0 Å². The maximum atomic E-state index is 13.9. The third-order valence-electron chi connectivity index (χ3n) is 3.90. The van der Waals surface area contributed by atoms with Gasteiger partial charge in [0.1, 0.15) is 11.4 Å². The van der Waals surface area contributed by atoms with Crippen molar-refractivity contribution in [1.82, 2.24) is 0 Å². The monoisotopic (exact) mass is 291 g/mol. The molecule has 0 unspecified atom stereocenters. The number of carbonyl (C=O) groups is 1. The normalized spacial score (nSPS) is 13.8. The van der Waals surface area contributed by atoms with Gasteiger partial charge in [-0.05, 0) is 22.9 Å². The predicted molar refractivity (Wildman–Crippen MR) is 82.1 cm³/mol. The van der Waals surface area contributed by atoms with Crippen molar-refractivity contribution in [3.63, 3.8) is 0 Å². The third kappa shape index (κ3) is 1.61. The zero-order valence-electron chi connectivity index (χ0n) is 11.4. The van der Waals surface area contributed by atoms with Crippen molar-refractivity contribution >= 4 is 28.0 Å². The minimum absolute atomic E-state index is 0.0306. The summed E-state index contributed by atoms with van der Waals surface area (Å²) in [5.41, 5.74) is 0.402. The van der Waals surface area contributed by atoms with Crippen molar-refractivity contribution in [2.24, 2.45) is 0 Å². The molecule has 4 heteroatoms. The Kier molecular flexibility index (Phi) is 2.60. The zero-order chi connectivity index (χ0) is 15.3. The lowest BCUT2D eigenvalue weighted by Crippen LogP contribution is -2.17. The lowest BCUT2D eigenvalue weighted by Gasteiger charge is -2.05. The number of carbonyl (C=O) groups excluding carboxylic acids is 1. The van der Waals surface area contributed by atoms with Crippen LogP contribution in [0.5, 0.6) is 0 Å². The second-order valence-corrected chi connectivity index (χ2v) is 5.13. The first-order valence-electron chi connectivity index (χ1n) is 6.84. The molecule has 0 N–H and O–H groups in total. The smallest absolute Gasteiger partial charge is 0.273 e. The van der Waals surface area contributed by atoms with Crippen LogP contribution in [0.1, 0.15) is 15.9 Å². The fraction of sp³-hybridized carbons (Fsp3) is 0. The van der Waals surface area contributed by atoms with Gasteiger partial charge in [0, 0.05) is 6.07 Å². The molecule has 1 aliphatic heterocycles. The van der Waals surface area contributed by atoms with Crippen LogP contribution in [0.3, 0.4) is 0 Å². The largest absolute Gasteiger partial charge is 0.618 e. The topological polar surface area (TPSA) is 43.1 Å². The van der Waals surface area contributed by atoms with Crippen molar-refractivity contribution in [2.45, 2.75) is 0 Å². The van der Waals surface area contributed by atoms with Gasteiger partial charge in [-0.25, -0.2) is 4.39 Å². The van der Waals surface area contributed by atoms with Crippen molar-refractivity contribution in [2.75, 3.05) is 0 Å². The maximum Gasteiger partial charge on any atom is 0.273 e. The van der Waals surface area contributed by atoms with E-state index in [9.17, 15) is 14.4 Å². The Hall–Kier alpha value is -3.01. The molecule has 3 aromatic rings. The SMILES string of the molecule is O=C1C(c2cccc3ccccc23)=[N+]([O-])c2cccc(F)c21. The number of nitrogens with zero attached hydrogens (tertiary/aromatic N) is 1. The molecule has 106 valence electrons. The number of hydrogen-bond donors (Lipinski definition) is 0. The second-order valence-electron chi connectivity index (χ2n) is 5.13. The average molecular weight is 291 g/mol. The molecule has 0 amide bonds. The summed E-state index contributed by atoms with van der Waals surface area (Å²) in [5, 5.41) is 14.2. The highest BCUT2D eigenvalue weighted by Crippen LogP contribution is 2.31. The van der Waals surface area contributed by atoms with E-state index < -0.39 is 11.6 Å². The standard InChI is InChI=1S/C18H10FNO2/c19-14-9-4-10-15-16(14)18(21)17(20(15)22)13-8-3-6-11-5-1-2-7-12(11)13/h1-10H. The number of rotatable bonds is 1. The number of halogens is 1. The van der Waals surface area contributed by atoms with Crippen LogP contribution in [0.2, 0.25) is 0 Å². The summed E-state index contributed by atoms with van der Waals surface area (Å²) < 4.78 is 14.4. The number of fused-ring (bicyclic) bond motifs is 2. The van der Waals surface area contributed by atoms with E-state index in [1.54, 1.807) is 12.1 Å². The van der Waals surface area contributed by atoms with Gasteiger partial charge < -0.3 is 5.21 Å². The molecule has 0 saturated carbocycles. The molecule has 0 aromatic heterocycles. The summed E-state index contributed by atoms with van der Waals surface area (Å²) in [7, 11) is 0. The molecule has 0 spiro atoms. The first-order chi connectivity index (χ1) is 10.7. The Morgan fingerprint density at radius 3 is 2.45 bits per heavy atom. The first kappa shape index (κ1) is 12.7. The van der Waals surface area contributed by atoms with Crippen molar-refractivity contribution in [3.05, 3.63) is 82.8 Å². The number of benzene rings is 3. The van der Waals surface area contributed by atoms with Gasteiger partial charge >= 0.3 is 0 Å². The highest BCUT2D eigenvalue weighted by molar-refractivity contribution is 6.53. The maximum absolute atomic E-state index is 13.9. The summed E-state index contributed by atoms with van der Waals surface area (Å²) in [6.07, 6.45) is 0. The molecular weight excluding hydrogens is 281 g/mol. The molecule has 1 heterocycles. The summed E-state index contributed by atoms with van der Waals surface area (Å²) in [6.45, 7) is 0. The molecule has 0 fully saturated rings. The fourth-order valence-electron chi connectivity index (χ4n) is 2.90. The van der Waals surface area contributed by atoms with Crippen LogP contribution >= 0.6 is 0 Å². The van der Waals surface area contributed by atoms with Crippen molar-refractivity contribution < 1.29 is 13.9 Å². The van der Waals surface area contributed by atoms with Crippen LogP contribution in [0.15, 0.2) is 60.7 Å². The van der Waals surface area contributed by atoms with Gasteiger partial charge in [-0.3, -0.25) is 4.79 Å². The van der Waals surface area contributed by atoms with E-state index in [2.05, 4.69) is 0 Å². The van der Waals surface area contributed by atoms with Crippen molar-refractivity contribution in [3.8, 4) is 0 Å². The van der Waals surface area contributed by atoms with E-state index in [1.807, 2.05) is 30.3 Å². The van der Waals surface area contributed by atoms with Crippen LogP contribution in [0.4, 0.5) is 10.1 Å². The van der Waals surface area contributed by atoms with E-state index >= 15 is 0 Å². The Balaban J connectivity index is 2.03. The van der Waals surface area contributed by atoms with Gasteiger partial charge in [-0.1, -0.05) is 42.5 Å². The molecule has 0 saturated heterocycles. The highest BCUT2D eigenvalue weighted by atomic mass is 19.1. The summed E-state index contributed by atoms with van der Waals surface area (Å²) in [4.78, 5) is 12.6. The summed E-state index contributed by atoms with van der Waals surface area (Å²) in [5.74, 6) is -1.24. The van der Waals surface area contributed by atoms with Gasteiger partial charge in [-0.2, -0.15) is 4.74 Å². The minimum atomic E-state index is -0.668. The van der Waals surface area contributed by atoms with Crippen LogP contribution in [0, 0.1) is 11.0 Å². The molecule has 0 aliphatic carbocycles. The minimum Gasteiger partial charge on any atom is -0.618 e. The Morgan fingerprint density at radius 2 is 1.64 bits per heavy atom. The van der Waals surface area contributed by atoms with Crippen LogP contribution in [-0.2, 0) is 0 Å². The van der Waals surface area contributed by atoms with Crippen LogP contribution in [0.25, 0.3) is 10.8 Å². The van der Waals surface area contributed by atoms with Gasteiger partial charge in [0.05, 0.1) is 5.56 Å². The van der Waals surface area contributed by atoms with E-state index in [-0.39, 0.29) is 17.0 Å². The fourth-order valence-corrected chi connectivity index (χ4v) is 2.90. The average Bonchev–Trinajstić information content (AvgIpc) is 2.79.